The van der Waals surface area contributed by atoms with E-state index in [-0.39, 0.29) is 5.41 Å². The molecule has 0 amide bonds. The van der Waals surface area contributed by atoms with Crippen LogP contribution >= 0.6 is 31.9 Å². The topological polar surface area (TPSA) is 20.2 Å². The minimum Gasteiger partial charge on any atom is -0.508 e. The molecule has 2 rings (SSSR count). The molecular formula is C15H20Br2O. The Morgan fingerprint density at radius 2 is 1.83 bits per heavy atom. The van der Waals surface area contributed by atoms with Gasteiger partial charge in [0.05, 0.1) is 0 Å². The summed E-state index contributed by atoms with van der Waals surface area (Å²) in [5.41, 5.74) is 1.52. The molecule has 3 heteroatoms. The number of benzene rings is 1. The molecule has 1 aromatic rings. The van der Waals surface area contributed by atoms with E-state index in [0.29, 0.717) is 5.75 Å². The zero-order chi connectivity index (χ0) is 13.0. The molecule has 0 aliphatic heterocycles. The fourth-order valence-electron chi connectivity index (χ4n) is 3.10. The summed E-state index contributed by atoms with van der Waals surface area (Å²) in [6.07, 6.45) is 6.45. The summed E-state index contributed by atoms with van der Waals surface area (Å²) < 4.78 is 0. The van der Waals surface area contributed by atoms with Gasteiger partial charge in [-0.05, 0) is 48.3 Å². The van der Waals surface area contributed by atoms with Crippen LogP contribution in [0, 0.1) is 11.3 Å². The van der Waals surface area contributed by atoms with E-state index in [9.17, 15) is 5.11 Å². The van der Waals surface area contributed by atoms with Gasteiger partial charge in [0.15, 0.2) is 0 Å². The highest BCUT2D eigenvalue weighted by atomic mass is 79.9. The first-order chi connectivity index (χ1) is 8.70. The molecule has 0 bridgehead atoms. The fourth-order valence-corrected chi connectivity index (χ4v) is 5.34. The molecule has 18 heavy (non-hydrogen) atoms. The van der Waals surface area contributed by atoms with Gasteiger partial charge in [-0.25, -0.2) is 0 Å². The van der Waals surface area contributed by atoms with Crippen molar-refractivity contribution in [2.24, 2.45) is 11.3 Å². The van der Waals surface area contributed by atoms with E-state index in [1.165, 1.54) is 31.2 Å². The van der Waals surface area contributed by atoms with Gasteiger partial charge < -0.3 is 5.11 Å². The normalized spacial score (nSPS) is 17.2. The molecule has 1 fully saturated rings. The standard InChI is InChI=1S/C15H20Br2O/c16-10-15(11-17,13-5-1-2-6-13)9-12-4-3-7-14(18)8-12/h3-4,7-8,13,18H,1-2,5-6,9-11H2. The second kappa shape index (κ2) is 6.42. The van der Waals surface area contributed by atoms with Gasteiger partial charge in [-0.15, -0.1) is 0 Å². The van der Waals surface area contributed by atoms with Crippen molar-refractivity contribution in [2.45, 2.75) is 32.1 Å². The van der Waals surface area contributed by atoms with Crippen LogP contribution in [0.2, 0.25) is 0 Å². The lowest BCUT2D eigenvalue weighted by Crippen LogP contribution is -2.35. The zero-order valence-electron chi connectivity index (χ0n) is 10.5. The number of phenolic OH excluding ortho intramolecular Hbond substituents is 1. The van der Waals surface area contributed by atoms with E-state index in [1.807, 2.05) is 12.1 Å². The van der Waals surface area contributed by atoms with Crippen molar-refractivity contribution in [2.75, 3.05) is 10.7 Å². The van der Waals surface area contributed by atoms with Crippen molar-refractivity contribution in [1.82, 2.24) is 0 Å². The van der Waals surface area contributed by atoms with Crippen LogP contribution < -0.4 is 0 Å². The maximum absolute atomic E-state index is 9.60. The summed E-state index contributed by atoms with van der Waals surface area (Å²) in [6, 6.07) is 7.69. The third kappa shape index (κ3) is 3.11. The number of alkyl halides is 2. The first-order valence-corrected chi connectivity index (χ1v) is 8.84. The number of aromatic hydroxyl groups is 1. The second-order valence-electron chi connectivity index (χ2n) is 5.46. The van der Waals surface area contributed by atoms with Gasteiger partial charge in [0, 0.05) is 10.7 Å². The molecule has 0 saturated heterocycles. The molecule has 1 saturated carbocycles. The number of halogens is 2. The van der Waals surface area contributed by atoms with Gasteiger partial charge in [0.2, 0.25) is 0 Å². The Morgan fingerprint density at radius 1 is 1.17 bits per heavy atom. The molecule has 0 unspecified atom stereocenters. The molecule has 1 N–H and O–H groups in total. The highest BCUT2D eigenvalue weighted by Gasteiger charge is 2.38. The van der Waals surface area contributed by atoms with Crippen molar-refractivity contribution in [3.8, 4) is 5.75 Å². The Kier molecular flexibility index (Phi) is 5.14. The number of hydrogen-bond acceptors (Lipinski definition) is 1. The van der Waals surface area contributed by atoms with Crippen molar-refractivity contribution in [3.63, 3.8) is 0 Å². The molecule has 1 aliphatic carbocycles. The predicted molar refractivity (Wildman–Crippen MR) is 83.8 cm³/mol. The minimum absolute atomic E-state index is 0.282. The van der Waals surface area contributed by atoms with Crippen LogP contribution in [-0.2, 0) is 6.42 Å². The van der Waals surface area contributed by atoms with Crippen molar-refractivity contribution >= 4 is 31.9 Å². The average molecular weight is 376 g/mol. The number of hydrogen-bond donors (Lipinski definition) is 1. The maximum atomic E-state index is 9.60. The molecule has 1 aliphatic rings. The maximum Gasteiger partial charge on any atom is 0.115 e. The third-order valence-electron chi connectivity index (χ3n) is 4.22. The van der Waals surface area contributed by atoms with Gasteiger partial charge in [-0.3, -0.25) is 0 Å². The minimum atomic E-state index is 0.282. The Hall–Kier alpha value is -0.0200. The Morgan fingerprint density at radius 3 is 2.39 bits per heavy atom. The lowest BCUT2D eigenvalue weighted by molar-refractivity contribution is 0.233. The van der Waals surface area contributed by atoms with Crippen LogP contribution in [0.1, 0.15) is 31.2 Å². The summed E-state index contributed by atoms with van der Waals surface area (Å²) in [5.74, 6) is 1.16. The van der Waals surface area contributed by atoms with Gasteiger partial charge in [0.1, 0.15) is 5.75 Å². The van der Waals surface area contributed by atoms with Crippen molar-refractivity contribution < 1.29 is 5.11 Å². The summed E-state index contributed by atoms with van der Waals surface area (Å²) >= 11 is 7.45. The van der Waals surface area contributed by atoms with Crippen LogP contribution in [0.3, 0.4) is 0 Å². The van der Waals surface area contributed by atoms with Gasteiger partial charge in [-0.1, -0.05) is 56.8 Å². The highest BCUT2D eigenvalue weighted by Crippen LogP contribution is 2.44. The van der Waals surface area contributed by atoms with E-state index < -0.39 is 0 Å². The fraction of sp³-hybridized carbons (Fsp3) is 0.600. The summed E-state index contributed by atoms with van der Waals surface area (Å²) in [4.78, 5) is 0. The van der Waals surface area contributed by atoms with E-state index in [4.69, 9.17) is 0 Å². The highest BCUT2D eigenvalue weighted by molar-refractivity contribution is 9.09. The predicted octanol–water partition coefficient (Wildman–Crippen LogP) is 4.90. The Bertz CT molecular complexity index is 382. The van der Waals surface area contributed by atoms with E-state index in [1.54, 1.807) is 6.07 Å². The molecule has 0 spiro atoms. The molecule has 100 valence electrons. The van der Waals surface area contributed by atoms with Crippen molar-refractivity contribution in [1.29, 1.82) is 0 Å². The first-order valence-electron chi connectivity index (χ1n) is 6.60. The molecule has 0 atom stereocenters. The third-order valence-corrected chi connectivity index (χ3v) is 6.45. The van der Waals surface area contributed by atoms with Gasteiger partial charge in [0.25, 0.3) is 0 Å². The van der Waals surface area contributed by atoms with Crippen LogP contribution in [0.15, 0.2) is 24.3 Å². The SMILES string of the molecule is Oc1cccc(CC(CBr)(CBr)C2CCCC2)c1. The molecular weight excluding hydrogens is 356 g/mol. The van der Waals surface area contributed by atoms with Crippen LogP contribution in [0.4, 0.5) is 0 Å². The summed E-state index contributed by atoms with van der Waals surface area (Å²) in [7, 11) is 0. The molecule has 0 heterocycles. The number of phenols is 1. The van der Waals surface area contributed by atoms with E-state index in [2.05, 4.69) is 37.9 Å². The molecule has 1 aromatic carbocycles. The van der Waals surface area contributed by atoms with Crippen LogP contribution in [0.25, 0.3) is 0 Å². The largest absolute Gasteiger partial charge is 0.508 e. The monoisotopic (exact) mass is 374 g/mol. The van der Waals surface area contributed by atoms with Gasteiger partial charge in [-0.2, -0.15) is 0 Å². The van der Waals surface area contributed by atoms with Crippen LogP contribution in [-0.4, -0.2) is 15.8 Å². The Balaban J connectivity index is 2.19. The lowest BCUT2D eigenvalue weighted by atomic mass is 9.73. The van der Waals surface area contributed by atoms with Crippen molar-refractivity contribution in [3.05, 3.63) is 29.8 Å². The first kappa shape index (κ1) is 14.4. The number of rotatable bonds is 5. The molecule has 1 nitrogen and oxygen atoms in total. The van der Waals surface area contributed by atoms with E-state index >= 15 is 0 Å². The molecule has 0 radical (unpaired) electrons. The second-order valence-corrected chi connectivity index (χ2v) is 6.58. The summed E-state index contributed by atoms with van der Waals surface area (Å²) in [5, 5.41) is 11.6. The quantitative estimate of drug-likeness (QED) is 0.725. The lowest BCUT2D eigenvalue weighted by Gasteiger charge is -2.36. The molecule has 0 aromatic heterocycles. The van der Waals surface area contributed by atoms with E-state index in [0.717, 1.165) is 23.0 Å². The van der Waals surface area contributed by atoms with Gasteiger partial charge >= 0.3 is 0 Å². The smallest absolute Gasteiger partial charge is 0.115 e. The zero-order valence-corrected chi connectivity index (χ0v) is 13.7. The Labute approximate surface area is 126 Å². The average Bonchev–Trinajstić information content (AvgIpc) is 2.90. The van der Waals surface area contributed by atoms with Crippen LogP contribution in [0.5, 0.6) is 5.75 Å². The summed E-state index contributed by atoms with van der Waals surface area (Å²) in [6.45, 7) is 0.